The molecule has 0 N–H and O–H groups in total. The molecular weight excluding hydrogens is 242 g/mol. The summed E-state index contributed by atoms with van der Waals surface area (Å²) in [6.45, 7) is 5.57. The fraction of sp³-hybridized carbons (Fsp3) is 0.500. The number of nitrogens with zero attached hydrogens (tertiary/aromatic N) is 1. The monoisotopic (exact) mass is 263 g/mol. The van der Waals surface area contributed by atoms with Gasteiger partial charge in [-0.3, -0.25) is 4.90 Å². The van der Waals surface area contributed by atoms with Crippen molar-refractivity contribution in [1.29, 1.82) is 0 Å². The largest absolute Gasteiger partial charge is 0.300 e. The summed E-state index contributed by atoms with van der Waals surface area (Å²) in [6, 6.07) is 8.60. The van der Waals surface area contributed by atoms with Crippen molar-refractivity contribution in [3.8, 4) is 0 Å². The Labute approximate surface area is 115 Å². The molecule has 1 aromatic carbocycles. The highest BCUT2D eigenvalue weighted by Gasteiger charge is 2.08. The predicted octanol–water partition coefficient (Wildman–Crippen LogP) is 4.15. The molecule has 18 heavy (non-hydrogen) atoms. The van der Waals surface area contributed by atoms with Crippen molar-refractivity contribution >= 4 is 11.6 Å². The fourth-order valence-electron chi connectivity index (χ4n) is 2.34. The topological polar surface area (TPSA) is 3.24 Å². The summed E-state index contributed by atoms with van der Waals surface area (Å²) in [5, 5.41) is 0.962. The average Bonchev–Trinajstić information content (AvgIpc) is 2.40. The highest BCUT2D eigenvalue weighted by molar-refractivity contribution is 6.29. The number of allylic oxidation sites excluding steroid dienone is 1. The van der Waals surface area contributed by atoms with E-state index in [1.54, 1.807) is 0 Å². The maximum atomic E-state index is 6.31. The number of aryl methyl sites for hydroxylation is 1. The standard InChI is InChI=1S/C16H22ClN/c1-14-5-7-15(8-6-14)13-16(17)9-12-18-10-3-2-4-11-18/h5-9H,2-4,10-13H2,1H3/b16-9-. The zero-order valence-corrected chi connectivity index (χ0v) is 11.9. The van der Waals surface area contributed by atoms with Crippen LogP contribution in [-0.4, -0.2) is 24.5 Å². The minimum Gasteiger partial charge on any atom is -0.300 e. The van der Waals surface area contributed by atoms with E-state index in [1.165, 1.54) is 43.5 Å². The summed E-state index contributed by atoms with van der Waals surface area (Å²) in [5.74, 6) is 0. The first-order valence-electron chi connectivity index (χ1n) is 6.86. The third-order valence-electron chi connectivity index (χ3n) is 3.51. The van der Waals surface area contributed by atoms with Gasteiger partial charge in [0.2, 0.25) is 0 Å². The number of piperidine rings is 1. The van der Waals surface area contributed by atoms with Crippen molar-refractivity contribution in [2.45, 2.75) is 32.6 Å². The molecule has 0 saturated carbocycles. The Bertz CT molecular complexity index is 388. The van der Waals surface area contributed by atoms with Crippen LogP contribution in [0.2, 0.25) is 0 Å². The van der Waals surface area contributed by atoms with Gasteiger partial charge in [-0.25, -0.2) is 0 Å². The molecule has 1 saturated heterocycles. The lowest BCUT2D eigenvalue weighted by molar-refractivity contribution is 0.251. The highest BCUT2D eigenvalue weighted by Crippen LogP contribution is 2.14. The van der Waals surface area contributed by atoms with Crippen molar-refractivity contribution in [3.05, 3.63) is 46.5 Å². The van der Waals surface area contributed by atoms with Gasteiger partial charge in [0.25, 0.3) is 0 Å². The van der Waals surface area contributed by atoms with Crippen LogP contribution < -0.4 is 0 Å². The molecule has 0 amide bonds. The van der Waals surface area contributed by atoms with E-state index in [0.717, 1.165) is 18.0 Å². The summed E-state index contributed by atoms with van der Waals surface area (Å²) in [5.41, 5.74) is 2.59. The van der Waals surface area contributed by atoms with Crippen LogP contribution in [0, 0.1) is 6.92 Å². The molecule has 0 aliphatic carbocycles. The van der Waals surface area contributed by atoms with E-state index in [0.29, 0.717) is 0 Å². The van der Waals surface area contributed by atoms with Gasteiger partial charge in [0.15, 0.2) is 0 Å². The summed E-state index contributed by atoms with van der Waals surface area (Å²) in [6.07, 6.45) is 7.09. The van der Waals surface area contributed by atoms with Gasteiger partial charge in [-0.2, -0.15) is 0 Å². The van der Waals surface area contributed by atoms with Gasteiger partial charge in [0.1, 0.15) is 0 Å². The second kappa shape index (κ2) is 6.96. The second-order valence-corrected chi connectivity index (χ2v) is 5.66. The molecule has 1 nitrogen and oxygen atoms in total. The third-order valence-corrected chi connectivity index (χ3v) is 3.80. The molecule has 1 aliphatic rings. The summed E-state index contributed by atoms with van der Waals surface area (Å²) in [4.78, 5) is 2.49. The maximum Gasteiger partial charge on any atom is 0.0197 e. The van der Waals surface area contributed by atoms with Crippen LogP contribution in [0.25, 0.3) is 0 Å². The van der Waals surface area contributed by atoms with Gasteiger partial charge in [-0.1, -0.05) is 53.9 Å². The van der Waals surface area contributed by atoms with Crippen LogP contribution in [0.15, 0.2) is 35.4 Å². The van der Waals surface area contributed by atoms with Crippen LogP contribution >= 0.6 is 11.6 Å². The number of likely N-dealkylation sites (tertiary alicyclic amines) is 1. The lowest BCUT2D eigenvalue weighted by Gasteiger charge is -2.25. The molecule has 0 radical (unpaired) electrons. The number of hydrogen-bond acceptors (Lipinski definition) is 1. The summed E-state index contributed by atoms with van der Waals surface area (Å²) in [7, 11) is 0. The van der Waals surface area contributed by atoms with E-state index >= 15 is 0 Å². The first kappa shape index (κ1) is 13.6. The van der Waals surface area contributed by atoms with Crippen LogP contribution in [0.3, 0.4) is 0 Å². The average molecular weight is 264 g/mol. The van der Waals surface area contributed by atoms with Crippen LogP contribution in [0.5, 0.6) is 0 Å². The Morgan fingerprint density at radius 3 is 2.50 bits per heavy atom. The number of rotatable bonds is 4. The molecule has 0 unspecified atom stereocenters. The minimum absolute atomic E-state index is 0.857. The molecule has 0 atom stereocenters. The van der Waals surface area contributed by atoms with Gasteiger partial charge in [0, 0.05) is 18.0 Å². The minimum atomic E-state index is 0.857. The zero-order chi connectivity index (χ0) is 12.8. The molecule has 98 valence electrons. The zero-order valence-electron chi connectivity index (χ0n) is 11.2. The van der Waals surface area contributed by atoms with Gasteiger partial charge in [-0.05, 0) is 38.4 Å². The van der Waals surface area contributed by atoms with Crippen molar-refractivity contribution < 1.29 is 0 Å². The first-order chi connectivity index (χ1) is 8.74. The Kier molecular flexibility index (Phi) is 5.27. The van der Waals surface area contributed by atoms with E-state index in [-0.39, 0.29) is 0 Å². The summed E-state index contributed by atoms with van der Waals surface area (Å²) >= 11 is 6.31. The molecule has 1 aromatic rings. The second-order valence-electron chi connectivity index (χ2n) is 5.17. The number of halogens is 1. The Morgan fingerprint density at radius 2 is 1.83 bits per heavy atom. The SMILES string of the molecule is Cc1ccc(C/C(Cl)=C/CN2CCCCC2)cc1. The van der Waals surface area contributed by atoms with E-state index in [4.69, 9.17) is 11.6 Å². The highest BCUT2D eigenvalue weighted by atomic mass is 35.5. The van der Waals surface area contributed by atoms with Crippen molar-refractivity contribution in [3.63, 3.8) is 0 Å². The maximum absolute atomic E-state index is 6.31. The van der Waals surface area contributed by atoms with Gasteiger partial charge < -0.3 is 0 Å². The lowest BCUT2D eigenvalue weighted by Crippen LogP contribution is -2.29. The third kappa shape index (κ3) is 4.47. The fourth-order valence-corrected chi connectivity index (χ4v) is 2.57. The van der Waals surface area contributed by atoms with Gasteiger partial charge in [0.05, 0.1) is 0 Å². The van der Waals surface area contributed by atoms with E-state index in [1.807, 2.05) is 0 Å². The van der Waals surface area contributed by atoms with Crippen molar-refractivity contribution in [2.75, 3.05) is 19.6 Å². The molecule has 0 aromatic heterocycles. The van der Waals surface area contributed by atoms with E-state index in [2.05, 4.69) is 42.2 Å². The predicted molar refractivity (Wildman–Crippen MR) is 79.1 cm³/mol. The molecule has 1 heterocycles. The lowest BCUT2D eigenvalue weighted by atomic mass is 10.1. The molecule has 0 spiro atoms. The molecule has 2 rings (SSSR count). The normalized spacial score (nSPS) is 18.0. The van der Waals surface area contributed by atoms with Crippen molar-refractivity contribution in [2.24, 2.45) is 0 Å². The van der Waals surface area contributed by atoms with E-state index in [9.17, 15) is 0 Å². The number of benzene rings is 1. The summed E-state index contributed by atoms with van der Waals surface area (Å²) < 4.78 is 0. The Hall–Kier alpha value is -0.790. The van der Waals surface area contributed by atoms with Crippen molar-refractivity contribution in [1.82, 2.24) is 4.90 Å². The molecule has 1 fully saturated rings. The smallest absolute Gasteiger partial charge is 0.0197 e. The number of hydrogen-bond donors (Lipinski definition) is 0. The van der Waals surface area contributed by atoms with Crippen LogP contribution in [-0.2, 0) is 6.42 Å². The molecule has 1 aliphatic heterocycles. The molecular formula is C16H22ClN. The van der Waals surface area contributed by atoms with E-state index < -0.39 is 0 Å². The van der Waals surface area contributed by atoms with Crippen LogP contribution in [0.1, 0.15) is 30.4 Å². The van der Waals surface area contributed by atoms with Crippen LogP contribution in [0.4, 0.5) is 0 Å². The Morgan fingerprint density at radius 1 is 1.17 bits per heavy atom. The Balaban J connectivity index is 1.82. The molecule has 2 heteroatoms. The quantitative estimate of drug-likeness (QED) is 0.789. The van der Waals surface area contributed by atoms with Gasteiger partial charge in [-0.15, -0.1) is 0 Å². The van der Waals surface area contributed by atoms with Gasteiger partial charge >= 0.3 is 0 Å². The molecule has 0 bridgehead atoms. The first-order valence-corrected chi connectivity index (χ1v) is 7.24.